The molecule has 1 saturated heterocycles. The standard InChI is InChI=1S/C27H23F5N4O4/c1-15(27(30,31)32)35(12-16-3-6-19(28)7-4-16)23(37)14-36-24(38)26(40-25(36)39)10-22(29)20-9-17(5-8-21(20)26)18-11-33-34(2)13-18/h3-9,11,13,15,22H,10,12,14H2,1-2H3/t15-,22+,26+/m0/s1. The molecule has 0 unspecified atom stereocenters. The van der Waals surface area contributed by atoms with Gasteiger partial charge in [0, 0.05) is 37.3 Å². The van der Waals surface area contributed by atoms with Crippen LogP contribution in [-0.4, -0.2) is 56.3 Å². The van der Waals surface area contributed by atoms with Crippen LogP contribution < -0.4 is 0 Å². The van der Waals surface area contributed by atoms with Crippen LogP contribution in [0.3, 0.4) is 0 Å². The number of hydrogen-bond acceptors (Lipinski definition) is 5. The molecule has 2 aromatic carbocycles. The van der Waals surface area contributed by atoms with Crippen molar-refractivity contribution >= 4 is 17.9 Å². The van der Waals surface area contributed by atoms with Crippen molar-refractivity contribution < 1.29 is 41.1 Å². The van der Waals surface area contributed by atoms with Crippen LogP contribution >= 0.6 is 0 Å². The lowest BCUT2D eigenvalue weighted by molar-refractivity contribution is -0.187. The van der Waals surface area contributed by atoms with Crippen molar-refractivity contribution in [2.75, 3.05) is 6.54 Å². The number of imide groups is 1. The molecule has 2 aliphatic rings. The Labute approximate surface area is 224 Å². The second-order valence-electron chi connectivity index (χ2n) is 9.83. The third kappa shape index (κ3) is 4.69. The summed E-state index contributed by atoms with van der Waals surface area (Å²) < 4.78 is 76.3. The summed E-state index contributed by atoms with van der Waals surface area (Å²) >= 11 is 0. The zero-order valence-electron chi connectivity index (χ0n) is 21.3. The Morgan fingerprint density at radius 1 is 1.18 bits per heavy atom. The molecule has 1 aliphatic heterocycles. The second kappa shape index (κ2) is 9.72. The number of nitrogens with zero attached hydrogens (tertiary/aromatic N) is 4. The average Bonchev–Trinajstić information content (AvgIpc) is 3.52. The summed E-state index contributed by atoms with van der Waals surface area (Å²) in [7, 11) is 1.71. The summed E-state index contributed by atoms with van der Waals surface area (Å²) in [6.45, 7) is -0.858. The smallest absolute Gasteiger partial charge is 0.418 e. The van der Waals surface area contributed by atoms with Crippen LogP contribution in [0.5, 0.6) is 0 Å². The van der Waals surface area contributed by atoms with Crippen LogP contribution in [-0.2, 0) is 33.5 Å². The molecule has 0 radical (unpaired) electrons. The quantitative estimate of drug-likeness (QED) is 0.404. The fraction of sp³-hybridized carbons (Fsp3) is 0.333. The van der Waals surface area contributed by atoms with Crippen molar-refractivity contribution in [3.8, 4) is 11.1 Å². The van der Waals surface area contributed by atoms with E-state index in [9.17, 15) is 31.9 Å². The summed E-state index contributed by atoms with van der Waals surface area (Å²) in [5.41, 5.74) is -0.302. The lowest BCUT2D eigenvalue weighted by atomic mass is 9.93. The van der Waals surface area contributed by atoms with Crippen molar-refractivity contribution in [3.63, 3.8) is 0 Å². The van der Waals surface area contributed by atoms with Gasteiger partial charge < -0.3 is 9.64 Å². The van der Waals surface area contributed by atoms with Gasteiger partial charge in [-0.15, -0.1) is 0 Å². The van der Waals surface area contributed by atoms with Crippen molar-refractivity contribution in [1.29, 1.82) is 0 Å². The first-order valence-electron chi connectivity index (χ1n) is 12.2. The van der Waals surface area contributed by atoms with Gasteiger partial charge in [0.15, 0.2) is 0 Å². The molecular formula is C27H23F5N4O4. The van der Waals surface area contributed by atoms with E-state index in [1.807, 2.05) is 0 Å². The van der Waals surface area contributed by atoms with Gasteiger partial charge in [-0.05, 0) is 41.8 Å². The van der Waals surface area contributed by atoms with Gasteiger partial charge in [-0.2, -0.15) is 18.3 Å². The van der Waals surface area contributed by atoms with E-state index in [0.29, 0.717) is 20.9 Å². The number of aryl methyl sites for hydroxylation is 1. The van der Waals surface area contributed by atoms with E-state index in [-0.39, 0.29) is 16.7 Å². The van der Waals surface area contributed by atoms with Crippen molar-refractivity contribution in [2.45, 2.75) is 43.9 Å². The molecule has 2 heterocycles. The zero-order chi connectivity index (χ0) is 29.0. The number of rotatable bonds is 6. The zero-order valence-corrected chi connectivity index (χ0v) is 21.3. The number of halogens is 5. The third-order valence-electron chi connectivity index (χ3n) is 7.22. The van der Waals surface area contributed by atoms with Gasteiger partial charge in [0.25, 0.3) is 5.91 Å². The van der Waals surface area contributed by atoms with E-state index in [4.69, 9.17) is 4.74 Å². The maximum atomic E-state index is 15.2. The Kier molecular flexibility index (Phi) is 6.63. The molecule has 13 heteroatoms. The van der Waals surface area contributed by atoms with Crippen molar-refractivity contribution in [3.05, 3.63) is 77.4 Å². The highest BCUT2D eigenvalue weighted by molar-refractivity contribution is 6.06. The number of carbonyl (C=O) groups is 3. The Balaban J connectivity index is 1.41. The van der Waals surface area contributed by atoms with E-state index in [1.165, 1.54) is 24.3 Å². The van der Waals surface area contributed by atoms with Gasteiger partial charge in [-0.25, -0.2) is 18.5 Å². The van der Waals surface area contributed by atoms with E-state index < -0.39 is 67.2 Å². The molecule has 0 N–H and O–H groups in total. The fourth-order valence-electron chi connectivity index (χ4n) is 5.03. The number of alkyl halides is 4. The molecule has 3 aromatic rings. The van der Waals surface area contributed by atoms with E-state index >= 15 is 4.39 Å². The average molecular weight is 562 g/mol. The van der Waals surface area contributed by atoms with Gasteiger partial charge in [-0.3, -0.25) is 14.3 Å². The number of fused-ring (bicyclic) bond motifs is 2. The number of aromatic nitrogens is 2. The Bertz CT molecular complexity index is 1490. The molecule has 0 saturated carbocycles. The molecular weight excluding hydrogens is 539 g/mol. The fourth-order valence-corrected chi connectivity index (χ4v) is 5.03. The first kappa shape index (κ1) is 27.3. The summed E-state index contributed by atoms with van der Waals surface area (Å²) in [5.74, 6) is -2.85. The molecule has 210 valence electrons. The highest BCUT2D eigenvalue weighted by Crippen LogP contribution is 2.52. The third-order valence-corrected chi connectivity index (χ3v) is 7.22. The minimum atomic E-state index is -4.83. The van der Waals surface area contributed by atoms with Gasteiger partial charge in [0.1, 0.15) is 24.6 Å². The first-order chi connectivity index (χ1) is 18.8. The molecule has 3 atom stereocenters. The summed E-state index contributed by atoms with van der Waals surface area (Å²) in [5, 5.41) is 4.08. The van der Waals surface area contributed by atoms with Gasteiger partial charge in [0.2, 0.25) is 11.5 Å². The van der Waals surface area contributed by atoms with E-state index in [2.05, 4.69) is 5.10 Å². The molecule has 8 nitrogen and oxygen atoms in total. The minimum absolute atomic E-state index is 0.104. The summed E-state index contributed by atoms with van der Waals surface area (Å²) in [6.07, 6.45) is -5.02. The predicted molar refractivity (Wildman–Crippen MR) is 129 cm³/mol. The molecule has 1 spiro atoms. The number of benzene rings is 2. The molecule has 0 bridgehead atoms. The Hall–Kier alpha value is -4.29. The molecule has 5 rings (SSSR count). The minimum Gasteiger partial charge on any atom is -0.427 e. The molecule has 1 aliphatic carbocycles. The number of hydrogen-bond donors (Lipinski definition) is 0. The number of amides is 3. The Morgan fingerprint density at radius 2 is 1.88 bits per heavy atom. The van der Waals surface area contributed by atoms with Crippen LogP contribution in [0.15, 0.2) is 54.9 Å². The maximum Gasteiger partial charge on any atom is 0.418 e. The van der Waals surface area contributed by atoms with Crippen molar-refractivity contribution in [1.82, 2.24) is 19.6 Å². The topological polar surface area (TPSA) is 84.7 Å². The van der Waals surface area contributed by atoms with Gasteiger partial charge in [0.05, 0.1) is 6.20 Å². The lowest BCUT2D eigenvalue weighted by Crippen LogP contribution is -2.51. The lowest BCUT2D eigenvalue weighted by Gasteiger charge is -2.31. The number of ether oxygens (including phenoxy) is 1. The predicted octanol–water partition coefficient (Wildman–Crippen LogP) is 4.79. The highest BCUT2D eigenvalue weighted by Gasteiger charge is 2.61. The normalized spacial score (nSPS) is 21.1. The van der Waals surface area contributed by atoms with Crippen LogP contribution in [0.2, 0.25) is 0 Å². The SMILES string of the molecule is C[C@H](N(Cc1ccc(F)cc1)C(=O)CN1C(=O)O[C@@]2(C[C@@H](F)c3cc(-c4cnn(C)c4)ccc32)C1=O)C(F)(F)F. The van der Waals surface area contributed by atoms with Crippen LogP contribution in [0.1, 0.15) is 36.2 Å². The monoisotopic (exact) mass is 562 g/mol. The van der Waals surface area contributed by atoms with E-state index in [1.54, 1.807) is 30.2 Å². The molecule has 3 amide bonds. The molecule has 1 fully saturated rings. The first-order valence-corrected chi connectivity index (χ1v) is 12.2. The summed E-state index contributed by atoms with van der Waals surface area (Å²) in [4.78, 5) is 40.3. The summed E-state index contributed by atoms with van der Waals surface area (Å²) in [6, 6.07) is 6.81. The largest absolute Gasteiger partial charge is 0.427 e. The second-order valence-corrected chi connectivity index (χ2v) is 9.83. The van der Waals surface area contributed by atoms with Gasteiger partial charge >= 0.3 is 12.3 Å². The molecule has 1 aromatic heterocycles. The highest BCUT2D eigenvalue weighted by atomic mass is 19.4. The van der Waals surface area contributed by atoms with Crippen LogP contribution in [0.4, 0.5) is 26.7 Å². The molecule has 40 heavy (non-hydrogen) atoms. The Morgan fingerprint density at radius 3 is 2.50 bits per heavy atom. The maximum absolute atomic E-state index is 15.2. The van der Waals surface area contributed by atoms with Gasteiger partial charge in [-0.1, -0.05) is 24.3 Å². The van der Waals surface area contributed by atoms with Crippen molar-refractivity contribution in [2.24, 2.45) is 7.05 Å². The van der Waals surface area contributed by atoms with E-state index in [0.717, 1.165) is 19.1 Å². The van der Waals surface area contributed by atoms with Crippen LogP contribution in [0.25, 0.3) is 11.1 Å². The number of carbonyl (C=O) groups excluding carboxylic acids is 3. The van der Waals surface area contributed by atoms with Crippen LogP contribution in [0, 0.1) is 5.82 Å².